The monoisotopic (exact) mass is 215 g/mol. The first kappa shape index (κ1) is 15.2. The summed E-state index contributed by atoms with van der Waals surface area (Å²) in [5.74, 6) is 0. The van der Waals surface area contributed by atoms with E-state index >= 15 is 0 Å². The van der Waals surface area contributed by atoms with Crippen LogP contribution in [0.15, 0.2) is 11.0 Å². The number of nitrogens with two attached hydrogens (primary N) is 1. The Balaban J connectivity index is 0. The number of carbonyl (C=O) groups excluding carboxylic acids is 1. The summed E-state index contributed by atoms with van der Waals surface area (Å²) in [6, 6.07) is 0. The number of carboxylic acid groups (broad SMARTS) is 1. The summed E-state index contributed by atoms with van der Waals surface area (Å²) in [6.45, 7) is 4.37. The van der Waals surface area contributed by atoms with Crippen LogP contribution in [0.4, 0.5) is 4.79 Å². The second kappa shape index (κ2) is 8.31. The second-order valence-corrected chi connectivity index (χ2v) is 4.81. The average molecular weight is 215 g/mol. The van der Waals surface area contributed by atoms with Gasteiger partial charge in [0.15, 0.2) is 0 Å². The van der Waals surface area contributed by atoms with Crippen molar-refractivity contribution in [2.45, 2.75) is 19.1 Å². The standard InChI is InChI=1S/C5H8S2.CH3NO2.Na/c1-4-3-5(2)7-6-4;2-1(3)4;/h3-4H,1-2H3;2H2,(H,3,4);/q;;+1/p-1. The largest absolute Gasteiger partial charge is 1.00 e. The molecule has 1 aliphatic heterocycles. The van der Waals surface area contributed by atoms with E-state index in [0.29, 0.717) is 0 Å². The molecule has 12 heavy (non-hydrogen) atoms. The van der Waals surface area contributed by atoms with Crippen LogP contribution in [-0.4, -0.2) is 11.3 Å². The number of rotatable bonds is 0. The maximum atomic E-state index is 8.67. The minimum Gasteiger partial charge on any atom is -0.530 e. The van der Waals surface area contributed by atoms with Crippen molar-refractivity contribution in [3.8, 4) is 0 Å². The van der Waals surface area contributed by atoms with E-state index in [-0.39, 0.29) is 29.6 Å². The van der Waals surface area contributed by atoms with Gasteiger partial charge in [-0.3, -0.25) is 0 Å². The van der Waals surface area contributed by atoms with Crippen molar-refractivity contribution < 1.29 is 39.5 Å². The van der Waals surface area contributed by atoms with Gasteiger partial charge in [0.05, 0.1) is 0 Å². The molecule has 6 heteroatoms. The zero-order chi connectivity index (χ0) is 8.85. The molecule has 0 fully saturated rings. The Kier molecular flexibility index (Phi) is 10.5. The van der Waals surface area contributed by atoms with Gasteiger partial charge in [0.2, 0.25) is 0 Å². The molecule has 0 aromatic carbocycles. The summed E-state index contributed by atoms with van der Waals surface area (Å²) in [7, 11) is 3.81. The first-order valence-corrected chi connectivity index (χ1v) is 5.22. The van der Waals surface area contributed by atoms with Gasteiger partial charge < -0.3 is 15.6 Å². The second-order valence-electron chi connectivity index (χ2n) is 1.98. The molecule has 0 saturated carbocycles. The molecular formula is C6H10NNaO2S2. The van der Waals surface area contributed by atoms with Crippen LogP contribution in [0.5, 0.6) is 0 Å². The van der Waals surface area contributed by atoms with Crippen LogP contribution in [0.25, 0.3) is 0 Å². The van der Waals surface area contributed by atoms with Gasteiger partial charge >= 0.3 is 29.6 Å². The van der Waals surface area contributed by atoms with E-state index in [9.17, 15) is 0 Å². The van der Waals surface area contributed by atoms with Gasteiger partial charge in [0.25, 0.3) is 0 Å². The maximum Gasteiger partial charge on any atom is 1.00 e. The molecule has 1 unspecified atom stereocenters. The summed E-state index contributed by atoms with van der Waals surface area (Å²) in [6.07, 6.45) is 0.704. The first-order valence-electron chi connectivity index (χ1n) is 3.00. The molecule has 0 aromatic rings. The number of carbonyl (C=O) groups is 1. The van der Waals surface area contributed by atoms with Crippen molar-refractivity contribution in [1.29, 1.82) is 0 Å². The zero-order valence-corrected chi connectivity index (χ0v) is 11.0. The van der Waals surface area contributed by atoms with E-state index in [2.05, 4.69) is 25.7 Å². The first-order chi connectivity index (χ1) is 5.02. The Hall–Kier alpha value is 0.710. The van der Waals surface area contributed by atoms with Gasteiger partial charge in [0.1, 0.15) is 6.09 Å². The minimum atomic E-state index is -1.58. The molecule has 0 spiro atoms. The minimum absolute atomic E-state index is 0. The van der Waals surface area contributed by atoms with Crippen LogP contribution in [-0.2, 0) is 0 Å². The smallest absolute Gasteiger partial charge is 0.530 e. The molecule has 1 aliphatic rings. The quantitative estimate of drug-likeness (QED) is 0.374. The summed E-state index contributed by atoms with van der Waals surface area (Å²) >= 11 is 0. The van der Waals surface area contributed by atoms with Crippen molar-refractivity contribution in [1.82, 2.24) is 0 Å². The molecule has 1 rings (SSSR count). The third kappa shape index (κ3) is 10.7. The predicted molar refractivity (Wildman–Crippen MR) is 48.0 cm³/mol. The van der Waals surface area contributed by atoms with Crippen LogP contribution in [0, 0.1) is 0 Å². The molecule has 1 heterocycles. The van der Waals surface area contributed by atoms with Crippen LogP contribution in [0.2, 0.25) is 0 Å². The summed E-state index contributed by atoms with van der Waals surface area (Å²) in [5, 5.41) is 9.41. The Bertz CT molecular complexity index is 171. The van der Waals surface area contributed by atoms with E-state index in [0.717, 1.165) is 5.25 Å². The van der Waals surface area contributed by atoms with E-state index in [1.54, 1.807) is 0 Å². The molecule has 0 bridgehead atoms. The third-order valence-corrected chi connectivity index (χ3v) is 3.72. The zero-order valence-electron chi connectivity index (χ0n) is 7.37. The number of primary amides is 1. The van der Waals surface area contributed by atoms with Crippen LogP contribution in [0.3, 0.4) is 0 Å². The van der Waals surface area contributed by atoms with Crippen molar-refractivity contribution >= 4 is 27.7 Å². The normalized spacial score (nSPS) is 19.8. The van der Waals surface area contributed by atoms with Gasteiger partial charge in [0, 0.05) is 5.25 Å². The Labute approximate surface area is 102 Å². The Morgan fingerprint density at radius 3 is 2.25 bits per heavy atom. The van der Waals surface area contributed by atoms with Crippen molar-refractivity contribution in [3.05, 3.63) is 11.0 Å². The fraction of sp³-hybridized carbons (Fsp3) is 0.500. The SMILES string of the molecule is CC1=CC(C)SS1.NC(=O)[O-].[Na+]. The summed E-state index contributed by atoms with van der Waals surface area (Å²) < 4.78 is 0. The van der Waals surface area contributed by atoms with Gasteiger partial charge in [-0.05, 0) is 18.8 Å². The molecule has 0 aromatic heterocycles. The molecule has 1 atom stereocenters. The Morgan fingerprint density at radius 1 is 1.75 bits per heavy atom. The molecule has 0 radical (unpaired) electrons. The van der Waals surface area contributed by atoms with Crippen LogP contribution >= 0.6 is 21.6 Å². The van der Waals surface area contributed by atoms with Gasteiger partial charge in [-0.2, -0.15) is 0 Å². The van der Waals surface area contributed by atoms with Crippen LogP contribution < -0.4 is 40.4 Å². The van der Waals surface area contributed by atoms with Gasteiger partial charge in [-0.15, -0.1) is 0 Å². The summed E-state index contributed by atoms with van der Waals surface area (Å²) in [5.41, 5.74) is 3.92. The molecule has 3 nitrogen and oxygen atoms in total. The average Bonchev–Trinajstić information content (AvgIpc) is 2.13. The number of hydrogen-bond acceptors (Lipinski definition) is 4. The fourth-order valence-electron chi connectivity index (χ4n) is 0.538. The van der Waals surface area contributed by atoms with E-state index in [4.69, 9.17) is 9.90 Å². The predicted octanol–water partition coefficient (Wildman–Crippen LogP) is -2.03. The van der Waals surface area contributed by atoms with Gasteiger partial charge in [-0.25, -0.2) is 0 Å². The fourth-order valence-corrected chi connectivity index (χ4v) is 2.69. The maximum absolute atomic E-state index is 8.67. The van der Waals surface area contributed by atoms with E-state index in [1.807, 2.05) is 21.6 Å². The molecule has 64 valence electrons. The van der Waals surface area contributed by atoms with Crippen molar-refractivity contribution in [2.24, 2.45) is 5.73 Å². The number of amides is 1. The van der Waals surface area contributed by atoms with E-state index in [1.165, 1.54) is 4.91 Å². The topological polar surface area (TPSA) is 66.2 Å². The molecule has 0 saturated heterocycles. The number of allylic oxidation sites excluding steroid dienone is 1. The molecule has 1 amide bonds. The summed E-state index contributed by atoms with van der Waals surface area (Å²) in [4.78, 5) is 10.1. The Morgan fingerprint density at radius 2 is 2.17 bits per heavy atom. The van der Waals surface area contributed by atoms with E-state index < -0.39 is 6.09 Å². The molecule has 2 N–H and O–H groups in total. The number of hydrogen-bond donors (Lipinski definition) is 1. The van der Waals surface area contributed by atoms with Crippen LogP contribution in [0.1, 0.15) is 13.8 Å². The molecular weight excluding hydrogens is 205 g/mol. The van der Waals surface area contributed by atoms with Gasteiger partial charge in [-0.1, -0.05) is 27.7 Å². The van der Waals surface area contributed by atoms with Crippen molar-refractivity contribution in [2.75, 3.05) is 0 Å². The third-order valence-electron chi connectivity index (χ3n) is 0.801. The van der Waals surface area contributed by atoms with Crippen molar-refractivity contribution in [3.63, 3.8) is 0 Å². The molecule has 0 aliphatic carbocycles.